The van der Waals surface area contributed by atoms with Crippen molar-refractivity contribution >= 4 is 28.3 Å². The van der Waals surface area contributed by atoms with E-state index < -0.39 is 11.6 Å². The smallest absolute Gasteiger partial charge is 0.343 e. The first-order valence-electron chi connectivity index (χ1n) is 10.8. The van der Waals surface area contributed by atoms with E-state index in [0.717, 1.165) is 48.3 Å². The zero-order chi connectivity index (χ0) is 20.6. The molecule has 6 nitrogen and oxygen atoms in total. The number of carbonyl (C=O) groups excluding carboxylic acids is 1. The molecule has 0 unspecified atom stereocenters. The lowest BCUT2D eigenvalue weighted by atomic mass is 9.83. The minimum atomic E-state index is -1.56. The van der Waals surface area contributed by atoms with E-state index in [4.69, 9.17) is 9.72 Å². The second-order valence-corrected chi connectivity index (χ2v) is 8.70. The molecule has 6 rings (SSSR count). The Morgan fingerprint density at radius 3 is 2.87 bits per heavy atom. The van der Waals surface area contributed by atoms with Gasteiger partial charge in [0.05, 0.1) is 16.9 Å². The number of hydrogen-bond donors (Lipinski definition) is 2. The van der Waals surface area contributed by atoms with Crippen molar-refractivity contribution in [2.24, 2.45) is 0 Å². The summed E-state index contributed by atoms with van der Waals surface area (Å²) in [7, 11) is 1.98. The zero-order valence-electron chi connectivity index (χ0n) is 17.3. The van der Waals surface area contributed by atoms with Crippen LogP contribution in [0.15, 0.2) is 29.4 Å². The Morgan fingerprint density at radius 2 is 2.07 bits per heavy atom. The number of anilines is 1. The van der Waals surface area contributed by atoms with E-state index in [1.165, 1.54) is 27.8 Å². The molecule has 0 fully saturated rings. The number of pyridine rings is 1. The van der Waals surface area contributed by atoms with E-state index in [1.54, 1.807) is 0 Å². The summed E-state index contributed by atoms with van der Waals surface area (Å²) in [4.78, 5) is 19.8. The molecular weight excluding hydrogens is 378 g/mol. The molecule has 6 heteroatoms. The minimum absolute atomic E-state index is 0.255. The number of aliphatic hydroxyl groups is 1. The average molecular weight is 403 g/mol. The van der Waals surface area contributed by atoms with E-state index in [2.05, 4.69) is 22.3 Å². The molecule has 0 bridgehead atoms. The molecular formula is C24H25N3O3. The number of ether oxygens (including phenoxy) is 1. The van der Waals surface area contributed by atoms with Gasteiger partial charge in [0.1, 0.15) is 6.61 Å². The summed E-state index contributed by atoms with van der Waals surface area (Å²) in [6, 6.07) is 4.23. The van der Waals surface area contributed by atoms with Crippen molar-refractivity contribution < 1.29 is 14.6 Å². The third kappa shape index (κ3) is 2.17. The number of fused-ring (bicyclic) bond motifs is 4. The molecule has 0 saturated carbocycles. The fourth-order valence-corrected chi connectivity index (χ4v) is 5.67. The first kappa shape index (κ1) is 18.0. The van der Waals surface area contributed by atoms with Crippen LogP contribution in [0.2, 0.25) is 0 Å². The molecule has 154 valence electrons. The van der Waals surface area contributed by atoms with E-state index in [0.29, 0.717) is 18.5 Å². The summed E-state index contributed by atoms with van der Waals surface area (Å²) >= 11 is 0. The van der Waals surface area contributed by atoms with Gasteiger partial charge in [0.2, 0.25) is 0 Å². The Kier molecular flexibility index (Phi) is 3.64. The lowest BCUT2D eigenvalue weighted by Crippen LogP contribution is -2.47. The number of esters is 1. The normalized spacial score (nSPS) is 24.3. The van der Waals surface area contributed by atoms with Gasteiger partial charge in [-0.2, -0.15) is 0 Å². The van der Waals surface area contributed by atoms with Crippen molar-refractivity contribution in [2.75, 3.05) is 25.5 Å². The van der Waals surface area contributed by atoms with Crippen LogP contribution in [0.3, 0.4) is 0 Å². The predicted octanol–water partition coefficient (Wildman–Crippen LogP) is 2.93. The van der Waals surface area contributed by atoms with Crippen LogP contribution in [0.5, 0.6) is 0 Å². The second-order valence-electron chi connectivity index (χ2n) is 8.70. The monoisotopic (exact) mass is 403 g/mol. The molecule has 3 aliphatic heterocycles. The highest BCUT2D eigenvalue weighted by Gasteiger charge is 2.47. The lowest BCUT2D eigenvalue weighted by Gasteiger charge is -2.37. The molecule has 0 saturated heterocycles. The molecule has 0 radical (unpaired) electrons. The minimum Gasteiger partial charge on any atom is -0.459 e. The van der Waals surface area contributed by atoms with Crippen molar-refractivity contribution in [1.29, 1.82) is 0 Å². The number of rotatable bonds is 2. The molecule has 1 aromatic carbocycles. The maximum atomic E-state index is 12.3. The molecule has 4 aliphatic rings. The number of nitrogens with zero attached hydrogens (tertiary/aromatic N) is 2. The van der Waals surface area contributed by atoms with Gasteiger partial charge >= 0.3 is 5.97 Å². The summed E-state index contributed by atoms with van der Waals surface area (Å²) in [6.07, 6.45) is 5.57. The molecule has 1 aromatic heterocycles. The predicted molar refractivity (Wildman–Crippen MR) is 115 cm³/mol. The quantitative estimate of drug-likeness (QED) is 0.751. The topological polar surface area (TPSA) is 74.7 Å². The van der Waals surface area contributed by atoms with Gasteiger partial charge in [-0.25, -0.2) is 9.78 Å². The van der Waals surface area contributed by atoms with Crippen LogP contribution in [0.1, 0.15) is 42.1 Å². The van der Waals surface area contributed by atoms with Crippen LogP contribution in [0.4, 0.5) is 5.69 Å². The van der Waals surface area contributed by atoms with Crippen LogP contribution in [-0.4, -0.2) is 46.8 Å². The van der Waals surface area contributed by atoms with Gasteiger partial charge in [-0.15, -0.1) is 0 Å². The summed E-state index contributed by atoms with van der Waals surface area (Å²) in [6.45, 7) is 3.56. The first-order valence-corrected chi connectivity index (χ1v) is 10.8. The van der Waals surface area contributed by atoms with Gasteiger partial charge in [0.15, 0.2) is 5.60 Å². The molecule has 0 spiro atoms. The van der Waals surface area contributed by atoms with E-state index in [1.807, 2.05) is 20.0 Å². The molecule has 0 amide bonds. The number of hydrogen-bond acceptors (Lipinski definition) is 6. The Bertz CT molecular complexity index is 1200. The van der Waals surface area contributed by atoms with E-state index >= 15 is 0 Å². The first-order chi connectivity index (χ1) is 14.5. The van der Waals surface area contributed by atoms with Gasteiger partial charge in [0.25, 0.3) is 0 Å². The fraction of sp³-hybridized carbons (Fsp3) is 0.417. The summed E-state index contributed by atoms with van der Waals surface area (Å²) < 4.78 is 5.31. The van der Waals surface area contributed by atoms with Crippen molar-refractivity contribution in [3.8, 4) is 0 Å². The summed E-state index contributed by atoms with van der Waals surface area (Å²) in [5.74, 6) is -0.543. The molecule has 30 heavy (non-hydrogen) atoms. The Hall–Kier alpha value is -2.86. The highest BCUT2D eigenvalue weighted by atomic mass is 16.6. The van der Waals surface area contributed by atoms with Crippen molar-refractivity contribution in [1.82, 2.24) is 9.88 Å². The molecule has 2 aromatic rings. The van der Waals surface area contributed by atoms with Crippen LogP contribution < -0.4 is 5.32 Å². The van der Waals surface area contributed by atoms with Gasteiger partial charge in [0, 0.05) is 42.3 Å². The van der Waals surface area contributed by atoms with Gasteiger partial charge in [-0.1, -0.05) is 6.92 Å². The highest BCUT2D eigenvalue weighted by molar-refractivity contribution is 5.95. The Balaban J connectivity index is 1.57. The highest BCUT2D eigenvalue weighted by Crippen LogP contribution is 2.46. The summed E-state index contributed by atoms with van der Waals surface area (Å²) in [5.41, 5.74) is 8.50. The second kappa shape index (κ2) is 6.08. The van der Waals surface area contributed by atoms with E-state index in [9.17, 15) is 9.90 Å². The van der Waals surface area contributed by atoms with Crippen LogP contribution >= 0.6 is 0 Å². The van der Waals surface area contributed by atoms with Crippen molar-refractivity contribution in [2.45, 2.75) is 44.8 Å². The van der Waals surface area contributed by atoms with Crippen LogP contribution in [-0.2, 0) is 28.9 Å². The number of nitrogens with one attached hydrogen (secondary N) is 1. The maximum absolute atomic E-state index is 12.3. The number of benzene rings is 1. The number of aryl methyl sites for hydroxylation is 2. The van der Waals surface area contributed by atoms with Gasteiger partial charge in [-0.05, 0) is 60.6 Å². The van der Waals surface area contributed by atoms with Crippen molar-refractivity contribution in [3.05, 3.63) is 51.7 Å². The molecule has 1 aliphatic carbocycles. The van der Waals surface area contributed by atoms with Crippen LogP contribution in [0, 0.1) is 0 Å². The van der Waals surface area contributed by atoms with Gasteiger partial charge in [-0.3, -0.25) is 0 Å². The number of carbonyl (C=O) groups is 1. The molecule has 1 atom stereocenters. The Labute approximate surface area is 175 Å². The largest absolute Gasteiger partial charge is 0.459 e. The van der Waals surface area contributed by atoms with Crippen LogP contribution in [0.25, 0.3) is 16.6 Å². The molecule has 4 heterocycles. The number of aromatic nitrogens is 1. The maximum Gasteiger partial charge on any atom is 0.343 e. The summed E-state index contributed by atoms with van der Waals surface area (Å²) in [5, 5.41) is 15.7. The molecule has 2 N–H and O–H groups in total. The third-order valence-corrected chi connectivity index (χ3v) is 7.25. The fourth-order valence-electron chi connectivity index (χ4n) is 5.67. The van der Waals surface area contributed by atoms with Crippen molar-refractivity contribution in [3.63, 3.8) is 0 Å². The number of cyclic esters (lactones) is 1. The zero-order valence-corrected chi connectivity index (χ0v) is 17.3. The standard InChI is InChI=1S/C24H25N3O3/c1-3-24(29)17-9-20-22-16(11-27(20)10-13(17)12-30-23(24)28)14-5-4-6-15-18(25-2)7-8-19(26-22)21(14)15/h7-9,25,29H,3-6,10-12H2,1-2H3/t24-/m0/s1. The lowest BCUT2D eigenvalue weighted by molar-refractivity contribution is -0.163. The van der Waals surface area contributed by atoms with Gasteiger partial charge < -0.3 is 20.1 Å². The SMILES string of the molecule is CC[C@@]1(O)C(=O)OCC2=C1C=C1c3nc4ccc(NC)c5c4c(c3CN1C2)CCC5. The average Bonchev–Trinajstić information content (AvgIpc) is 3.13. The Morgan fingerprint density at radius 1 is 1.23 bits per heavy atom. The third-order valence-electron chi connectivity index (χ3n) is 7.25. The van der Waals surface area contributed by atoms with E-state index in [-0.39, 0.29) is 6.61 Å².